The van der Waals surface area contributed by atoms with Gasteiger partial charge in [0.15, 0.2) is 9.84 Å². The van der Waals surface area contributed by atoms with Crippen molar-refractivity contribution in [2.45, 2.75) is 24.5 Å². The SMILES string of the molecule is CCOc1ccc(N(CC)C(=O)c2cc3c(s2)-c2ccc(Cl)cc2S(=O)(=O)C3)cc1. The quantitative estimate of drug-likeness (QED) is 0.508. The monoisotopic (exact) mass is 461 g/mol. The minimum atomic E-state index is -3.50. The maximum atomic E-state index is 13.3. The Kier molecular flexibility index (Phi) is 5.61. The average Bonchev–Trinajstić information content (AvgIpc) is 3.13. The van der Waals surface area contributed by atoms with Crippen molar-refractivity contribution in [1.29, 1.82) is 0 Å². The summed E-state index contributed by atoms with van der Waals surface area (Å²) >= 11 is 7.33. The largest absolute Gasteiger partial charge is 0.494 e. The zero-order chi connectivity index (χ0) is 21.5. The number of carbonyl (C=O) groups is 1. The van der Waals surface area contributed by atoms with Crippen LogP contribution in [-0.4, -0.2) is 27.5 Å². The number of anilines is 1. The highest BCUT2D eigenvalue weighted by Crippen LogP contribution is 2.44. The van der Waals surface area contributed by atoms with Crippen LogP contribution in [0.15, 0.2) is 53.4 Å². The molecule has 0 radical (unpaired) electrons. The molecule has 1 aliphatic heterocycles. The number of fused-ring (bicyclic) bond motifs is 3. The molecule has 0 saturated carbocycles. The number of hydrogen-bond donors (Lipinski definition) is 0. The summed E-state index contributed by atoms with van der Waals surface area (Å²) in [6.07, 6.45) is 0. The van der Waals surface area contributed by atoms with Crippen molar-refractivity contribution < 1.29 is 17.9 Å². The molecular weight excluding hydrogens is 442 g/mol. The van der Waals surface area contributed by atoms with E-state index in [1.54, 1.807) is 23.1 Å². The third kappa shape index (κ3) is 3.73. The molecule has 1 amide bonds. The van der Waals surface area contributed by atoms with Crippen molar-refractivity contribution in [3.05, 3.63) is 64.0 Å². The summed E-state index contributed by atoms with van der Waals surface area (Å²) in [7, 11) is -3.50. The maximum absolute atomic E-state index is 13.3. The van der Waals surface area contributed by atoms with Gasteiger partial charge in [-0.2, -0.15) is 0 Å². The summed E-state index contributed by atoms with van der Waals surface area (Å²) in [5.41, 5.74) is 2.02. The predicted molar refractivity (Wildman–Crippen MR) is 121 cm³/mol. The first-order valence-electron chi connectivity index (χ1n) is 9.54. The molecule has 0 saturated heterocycles. The van der Waals surface area contributed by atoms with Crippen LogP contribution in [0.5, 0.6) is 5.75 Å². The molecule has 0 spiro atoms. The van der Waals surface area contributed by atoms with Gasteiger partial charge in [-0.15, -0.1) is 11.3 Å². The highest BCUT2D eigenvalue weighted by molar-refractivity contribution is 7.91. The Morgan fingerprint density at radius 2 is 1.87 bits per heavy atom. The molecule has 1 aromatic heterocycles. The molecule has 0 aliphatic carbocycles. The second-order valence-corrected chi connectivity index (χ2v) is 10.3. The number of sulfone groups is 1. The van der Waals surface area contributed by atoms with E-state index < -0.39 is 9.84 Å². The van der Waals surface area contributed by atoms with Gasteiger partial charge >= 0.3 is 0 Å². The lowest BCUT2D eigenvalue weighted by Gasteiger charge is -2.20. The van der Waals surface area contributed by atoms with Crippen LogP contribution in [0.1, 0.15) is 29.1 Å². The molecule has 8 heteroatoms. The van der Waals surface area contributed by atoms with Crippen molar-refractivity contribution in [2.75, 3.05) is 18.1 Å². The van der Waals surface area contributed by atoms with Crippen LogP contribution in [-0.2, 0) is 15.6 Å². The molecule has 156 valence electrons. The summed E-state index contributed by atoms with van der Waals surface area (Å²) in [6, 6.07) is 13.9. The smallest absolute Gasteiger partial charge is 0.268 e. The number of ether oxygens (including phenoxy) is 1. The van der Waals surface area contributed by atoms with Crippen LogP contribution in [0, 0.1) is 0 Å². The Bertz CT molecular complexity index is 1220. The first-order valence-corrected chi connectivity index (χ1v) is 12.4. The highest BCUT2D eigenvalue weighted by atomic mass is 35.5. The molecule has 3 aromatic rings. The van der Waals surface area contributed by atoms with Crippen molar-refractivity contribution in [3.8, 4) is 16.2 Å². The molecule has 0 N–H and O–H groups in total. The topological polar surface area (TPSA) is 63.7 Å². The van der Waals surface area contributed by atoms with Crippen molar-refractivity contribution in [2.24, 2.45) is 0 Å². The van der Waals surface area contributed by atoms with Gasteiger partial charge in [0.1, 0.15) is 5.75 Å². The second-order valence-electron chi connectivity index (χ2n) is 6.84. The zero-order valence-corrected chi connectivity index (χ0v) is 18.9. The van der Waals surface area contributed by atoms with E-state index in [1.807, 2.05) is 38.1 Å². The maximum Gasteiger partial charge on any atom is 0.268 e. The standard InChI is InChI=1S/C22H20ClNO4S2/c1-3-24(16-6-8-17(9-7-16)28-4-2)22(25)19-11-14-13-30(26,27)20-12-15(23)5-10-18(20)21(14)29-19/h5-12H,3-4,13H2,1-2H3. The molecule has 5 nitrogen and oxygen atoms in total. The third-order valence-electron chi connectivity index (χ3n) is 4.91. The van der Waals surface area contributed by atoms with Crippen LogP contribution < -0.4 is 9.64 Å². The number of carbonyl (C=O) groups excluding carboxylic acids is 1. The lowest BCUT2D eigenvalue weighted by Crippen LogP contribution is -2.29. The number of amides is 1. The van der Waals surface area contributed by atoms with Crippen LogP contribution in [0.2, 0.25) is 5.02 Å². The summed E-state index contributed by atoms with van der Waals surface area (Å²) < 4.78 is 30.9. The summed E-state index contributed by atoms with van der Waals surface area (Å²) in [5, 5.41) is 0.376. The molecule has 2 aromatic carbocycles. The van der Waals surface area contributed by atoms with Gasteiger partial charge in [-0.25, -0.2) is 8.42 Å². The normalized spacial score (nSPS) is 14.0. The van der Waals surface area contributed by atoms with E-state index in [-0.39, 0.29) is 16.6 Å². The van der Waals surface area contributed by atoms with Crippen LogP contribution in [0.3, 0.4) is 0 Å². The number of rotatable bonds is 5. The fourth-order valence-electron chi connectivity index (χ4n) is 3.56. The lowest BCUT2D eigenvalue weighted by atomic mass is 10.1. The molecular formula is C22H20ClNO4S2. The van der Waals surface area contributed by atoms with Gasteiger partial charge in [0.05, 0.1) is 22.1 Å². The molecule has 0 unspecified atom stereocenters. The predicted octanol–water partition coefficient (Wildman–Crippen LogP) is 5.42. The van der Waals surface area contributed by atoms with Crippen LogP contribution >= 0.6 is 22.9 Å². The number of thiophene rings is 1. The molecule has 0 fully saturated rings. The van der Waals surface area contributed by atoms with Crippen molar-refractivity contribution >= 4 is 44.4 Å². The minimum Gasteiger partial charge on any atom is -0.494 e. The second kappa shape index (κ2) is 8.06. The van der Waals surface area contributed by atoms with Crippen molar-refractivity contribution in [1.82, 2.24) is 0 Å². The molecule has 1 aliphatic rings. The first kappa shape index (κ1) is 20.9. The van der Waals surface area contributed by atoms with Crippen LogP contribution in [0.25, 0.3) is 10.4 Å². The van der Waals surface area contributed by atoms with Crippen LogP contribution in [0.4, 0.5) is 5.69 Å². The molecule has 0 atom stereocenters. The Labute approximate surface area is 184 Å². The molecule has 2 heterocycles. The summed E-state index contributed by atoms with van der Waals surface area (Å²) in [6.45, 7) is 4.89. The zero-order valence-electron chi connectivity index (χ0n) is 16.5. The van der Waals surface area contributed by atoms with Gasteiger partial charge < -0.3 is 9.64 Å². The number of nitrogens with zero attached hydrogens (tertiary/aromatic N) is 1. The Morgan fingerprint density at radius 3 is 2.53 bits per heavy atom. The fourth-order valence-corrected chi connectivity index (χ4v) is 6.72. The van der Waals surface area contributed by atoms with E-state index in [4.69, 9.17) is 16.3 Å². The van der Waals surface area contributed by atoms with E-state index in [2.05, 4.69) is 0 Å². The Balaban J connectivity index is 1.71. The van der Waals surface area contributed by atoms with E-state index in [1.165, 1.54) is 17.4 Å². The summed E-state index contributed by atoms with van der Waals surface area (Å²) in [4.78, 5) is 16.5. The average molecular weight is 462 g/mol. The molecule has 0 bridgehead atoms. The first-order chi connectivity index (χ1) is 14.3. The number of benzene rings is 2. The molecule has 4 rings (SSSR count). The van der Waals surface area contributed by atoms with Gasteiger partial charge in [-0.3, -0.25) is 4.79 Å². The van der Waals surface area contributed by atoms with E-state index in [9.17, 15) is 13.2 Å². The number of hydrogen-bond acceptors (Lipinski definition) is 5. The lowest BCUT2D eigenvalue weighted by molar-refractivity contribution is 0.0992. The van der Waals surface area contributed by atoms with Crippen molar-refractivity contribution in [3.63, 3.8) is 0 Å². The minimum absolute atomic E-state index is 0.130. The van der Waals surface area contributed by atoms with Gasteiger partial charge in [0.2, 0.25) is 0 Å². The van der Waals surface area contributed by atoms with Gasteiger partial charge in [0.25, 0.3) is 5.91 Å². The molecule has 30 heavy (non-hydrogen) atoms. The third-order valence-corrected chi connectivity index (χ3v) is 8.04. The van der Waals surface area contributed by atoms with Gasteiger partial charge in [-0.1, -0.05) is 17.7 Å². The van der Waals surface area contributed by atoms with Gasteiger partial charge in [-0.05, 0) is 61.9 Å². The summed E-state index contributed by atoms with van der Waals surface area (Å²) in [5.74, 6) is 0.458. The Hall–Kier alpha value is -2.35. The Morgan fingerprint density at radius 1 is 1.13 bits per heavy atom. The number of halogens is 1. The fraction of sp³-hybridized carbons (Fsp3) is 0.227. The van der Waals surface area contributed by atoms with E-state index in [0.717, 1.165) is 16.3 Å². The van der Waals surface area contributed by atoms with E-state index >= 15 is 0 Å². The highest BCUT2D eigenvalue weighted by Gasteiger charge is 2.32. The van der Waals surface area contributed by atoms with Gasteiger partial charge in [0, 0.05) is 27.7 Å². The van der Waals surface area contributed by atoms with E-state index in [0.29, 0.717) is 34.2 Å².